The fourth-order valence-electron chi connectivity index (χ4n) is 1.40. The quantitative estimate of drug-likeness (QED) is 0.688. The van der Waals surface area contributed by atoms with Gasteiger partial charge in [0.2, 0.25) is 0 Å². The molecule has 5 nitrogen and oxygen atoms in total. The number of nitrogens with two attached hydrogens (primary N) is 1. The lowest BCUT2D eigenvalue weighted by Crippen LogP contribution is -2.32. The molecule has 0 amide bonds. The Balaban J connectivity index is 3.04. The van der Waals surface area contributed by atoms with Crippen LogP contribution < -0.4 is 5.73 Å². The lowest BCUT2D eigenvalue weighted by molar-refractivity contribution is -0.138. The third kappa shape index (κ3) is 2.49. The van der Waals surface area contributed by atoms with E-state index in [-0.39, 0.29) is 17.7 Å². The molecule has 0 heterocycles. The van der Waals surface area contributed by atoms with Gasteiger partial charge in [0.1, 0.15) is 17.9 Å². The number of phenols is 1. The number of hydrogen-bond acceptors (Lipinski definition) is 4. The van der Waals surface area contributed by atoms with Crippen LogP contribution in [0.15, 0.2) is 12.1 Å². The Bertz CT molecular complexity index is 463. The zero-order chi connectivity index (χ0) is 12.3. The number of benzene rings is 1. The maximum atomic E-state index is 10.6. The first-order valence-electron chi connectivity index (χ1n) is 4.66. The Hall–Kier alpha value is -2.06. The Morgan fingerprint density at radius 1 is 1.62 bits per heavy atom. The van der Waals surface area contributed by atoms with E-state index in [1.807, 2.05) is 6.07 Å². The largest absolute Gasteiger partial charge is 0.506 e. The van der Waals surface area contributed by atoms with Crippen molar-refractivity contribution < 1.29 is 15.0 Å². The van der Waals surface area contributed by atoms with Crippen molar-refractivity contribution in [3.63, 3.8) is 0 Å². The average Bonchev–Trinajstić information content (AvgIpc) is 2.22. The molecule has 4 N–H and O–H groups in total. The first kappa shape index (κ1) is 12.0. The number of aryl methyl sites for hydroxylation is 1. The van der Waals surface area contributed by atoms with Gasteiger partial charge in [0.05, 0.1) is 5.56 Å². The molecule has 1 aromatic carbocycles. The van der Waals surface area contributed by atoms with Gasteiger partial charge in [0, 0.05) is 0 Å². The van der Waals surface area contributed by atoms with Crippen molar-refractivity contribution in [3.05, 3.63) is 28.8 Å². The van der Waals surface area contributed by atoms with Crippen molar-refractivity contribution >= 4 is 5.97 Å². The highest BCUT2D eigenvalue weighted by Gasteiger charge is 2.14. The molecule has 16 heavy (non-hydrogen) atoms. The van der Waals surface area contributed by atoms with Crippen molar-refractivity contribution in [3.8, 4) is 11.8 Å². The zero-order valence-electron chi connectivity index (χ0n) is 8.77. The lowest BCUT2D eigenvalue weighted by atomic mass is 10.0. The highest BCUT2D eigenvalue weighted by molar-refractivity contribution is 5.73. The highest BCUT2D eigenvalue weighted by atomic mass is 16.4. The molecule has 5 heteroatoms. The molecule has 1 atom stereocenters. The van der Waals surface area contributed by atoms with Crippen molar-refractivity contribution in [2.24, 2.45) is 5.73 Å². The predicted octanol–water partition coefficient (Wildman–Crippen LogP) is 0.527. The number of aromatic hydroxyl groups is 1. The summed E-state index contributed by atoms with van der Waals surface area (Å²) in [7, 11) is 0. The number of phenolic OH excluding ortho intramolecular Hbond substituents is 1. The molecule has 1 rings (SSSR count). The molecular weight excluding hydrogens is 208 g/mol. The number of carbonyl (C=O) groups is 1. The molecule has 0 aliphatic rings. The van der Waals surface area contributed by atoms with Gasteiger partial charge < -0.3 is 15.9 Å². The van der Waals surface area contributed by atoms with Gasteiger partial charge in [-0.05, 0) is 30.5 Å². The highest BCUT2D eigenvalue weighted by Crippen LogP contribution is 2.23. The van der Waals surface area contributed by atoms with E-state index in [0.717, 1.165) is 0 Å². The normalized spacial score (nSPS) is 11.8. The number of nitriles is 1. The monoisotopic (exact) mass is 220 g/mol. The van der Waals surface area contributed by atoms with E-state index in [0.29, 0.717) is 11.1 Å². The first-order valence-corrected chi connectivity index (χ1v) is 4.66. The number of aliphatic carboxylic acids is 1. The van der Waals surface area contributed by atoms with Gasteiger partial charge >= 0.3 is 5.97 Å². The second-order valence-electron chi connectivity index (χ2n) is 3.57. The summed E-state index contributed by atoms with van der Waals surface area (Å²) < 4.78 is 0. The van der Waals surface area contributed by atoms with E-state index in [1.165, 1.54) is 6.07 Å². The van der Waals surface area contributed by atoms with E-state index < -0.39 is 12.0 Å². The van der Waals surface area contributed by atoms with Gasteiger partial charge in [0.15, 0.2) is 0 Å². The molecule has 0 aliphatic carbocycles. The second kappa shape index (κ2) is 4.64. The van der Waals surface area contributed by atoms with E-state index in [2.05, 4.69) is 0 Å². The summed E-state index contributed by atoms with van der Waals surface area (Å²) in [5.74, 6) is -1.17. The minimum atomic E-state index is -1.09. The fourth-order valence-corrected chi connectivity index (χ4v) is 1.40. The average molecular weight is 220 g/mol. The number of carboxylic acids is 1. The van der Waals surface area contributed by atoms with Crippen molar-refractivity contribution in [2.45, 2.75) is 19.4 Å². The van der Waals surface area contributed by atoms with Crippen LogP contribution in [0.25, 0.3) is 0 Å². The van der Waals surface area contributed by atoms with Gasteiger partial charge in [-0.2, -0.15) is 5.26 Å². The molecule has 1 aromatic rings. The van der Waals surface area contributed by atoms with Gasteiger partial charge in [0.25, 0.3) is 0 Å². The van der Waals surface area contributed by atoms with Crippen LogP contribution in [-0.2, 0) is 11.2 Å². The molecule has 0 saturated carbocycles. The molecule has 0 fully saturated rings. The van der Waals surface area contributed by atoms with Crippen LogP contribution in [0.3, 0.4) is 0 Å². The maximum absolute atomic E-state index is 10.6. The number of rotatable bonds is 3. The molecule has 0 bridgehead atoms. The Kier molecular flexibility index (Phi) is 3.48. The zero-order valence-corrected chi connectivity index (χ0v) is 8.77. The van der Waals surface area contributed by atoms with Crippen LogP contribution in [0.4, 0.5) is 0 Å². The summed E-state index contributed by atoms with van der Waals surface area (Å²) in [4.78, 5) is 10.6. The summed E-state index contributed by atoms with van der Waals surface area (Å²) in [6.45, 7) is 1.64. The van der Waals surface area contributed by atoms with Crippen LogP contribution in [-0.4, -0.2) is 22.2 Å². The molecule has 0 radical (unpaired) electrons. The van der Waals surface area contributed by atoms with E-state index in [9.17, 15) is 9.90 Å². The van der Waals surface area contributed by atoms with E-state index in [1.54, 1.807) is 13.0 Å². The van der Waals surface area contributed by atoms with E-state index >= 15 is 0 Å². The standard InChI is InChI=1S/C11H12N2O3/c1-6-2-7(4-9(13)11(15)16)3-8(5-12)10(6)14/h2-3,9,14H,4,13H2,1H3,(H,15,16). The molecule has 0 aliphatic heterocycles. The van der Waals surface area contributed by atoms with Crippen molar-refractivity contribution in [1.29, 1.82) is 5.26 Å². The summed E-state index contributed by atoms with van der Waals surface area (Å²) in [5, 5.41) is 26.9. The predicted molar refractivity (Wildman–Crippen MR) is 56.9 cm³/mol. The first-order chi connectivity index (χ1) is 7.45. The van der Waals surface area contributed by atoms with Crippen molar-refractivity contribution in [1.82, 2.24) is 0 Å². The summed E-state index contributed by atoms with van der Waals surface area (Å²) >= 11 is 0. The molecule has 0 aromatic heterocycles. The third-order valence-electron chi connectivity index (χ3n) is 2.25. The van der Waals surface area contributed by atoms with Crippen molar-refractivity contribution in [2.75, 3.05) is 0 Å². The minimum Gasteiger partial charge on any atom is -0.506 e. The van der Waals surface area contributed by atoms with E-state index in [4.69, 9.17) is 16.1 Å². The van der Waals surface area contributed by atoms with Gasteiger partial charge in [-0.1, -0.05) is 6.07 Å². The molecule has 1 unspecified atom stereocenters. The molecule has 84 valence electrons. The van der Waals surface area contributed by atoms with Crippen LogP contribution in [0.1, 0.15) is 16.7 Å². The summed E-state index contributed by atoms with van der Waals surface area (Å²) in [5.41, 5.74) is 6.68. The second-order valence-corrected chi connectivity index (χ2v) is 3.57. The Labute approximate surface area is 92.7 Å². The van der Waals surface area contributed by atoms with Crippen LogP contribution in [0.2, 0.25) is 0 Å². The SMILES string of the molecule is Cc1cc(CC(N)C(=O)O)cc(C#N)c1O. The van der Waals surface area contributed by atoms with Gasteiger partial charge in [-0.15, -0.1) is 0 Å². The van der Waals surface area contributed by atoms with Crippen LogP contribution in [0, 0.1) is 18.3 Å². The van der Waals surface area contributed by atoms with Crippen LogP contribution in [0.5, 0.6) is 5.75 Å². The minimum absolute atomic E-state index is 0.0739. The summed E-state index contributed by atoms with van der Waals surface area (Å²) in [6.07, 6.45) is 0.130. The smallest absolute Gasteiger partial charge is 0.320 e. The number of hydrogen-bond donors (Lipinski definition) is 3. The Morgan fingerprint density at radius 3 is 2.75 bits per heavy atom. The third-order valence-corrected chi connectivity index (χ3v) is 2.25. The topological polar surface area (TPSA) is 107 Å². The van der Waals surface area contributed by atoms with Crippen LogP contribution >= 0.6 is 0 Å². The summed E-state index contributed by atoms with van der Waals surface area (Å²) in [6, 6.07) is 3.91. The lowest BCUT2D eigenvalue weighted by Gasteiger charge is -2.09. The maximum Gasteiger partial charge on any atom is 0.320 e. The number of nitrogens with zero attached hydrogens (tertiary/aromatic N) is 1. The van der Waals surface area contributed by atoms with Gasteiger partial charge in [-0.3, -0.25) is 4.79 Å². The molecular formula is C11H12N2O3. The van der Waals surface area contributed by atoms with Gasteiger partial charge in [-0.25, -0.2) is 0 Å². The number of carboxylic acid groups (broad SMARTS) is 1. The fraction of sp³-hybridized carbons (Fsp3) is 0.273. The molecule has 0 spiro atoms. The Morgan fingerprint density at radius 2 is 2.25 bits per heavy atom. The molecule has 0 saturated heterocycles.